The summed E-state index contributed by atoms with van der Waals surface area (Å²) in [6.45, 7) is -0.253. The number of hydrazine groups is 1. The van der Waals surface area contributed by atoms with Crippen LogP contribution < -0.4 is 5.43 Å². The number of hydrogen-bond acceptors (Lipinski definition) is 5. The van der Waals surface area contributed by atoms with Crippen LogP contribution in [0.2, 0.25) is 0 Å². The average molecular weight is 294 g/mol. The summed E-state index contributed by atoms with van der Waals surface area (Å²) in [5, 5.41) is 16.0. The molecule has 0 fully saturated rings. The molecule has 1 aliphatic heterocycles. The topological polar surface area (TPSA) is 62.5 Å². The van der Waals surface area contributed by atoms with Crippen molar-refractivity contribution in [1.82, 2.24) is 20.4 Å². The molecule has 6 nitrogen and oxygen atoms in total. The van der Waals surface area contributed by atoms with E-state index in [1.54, 1.807) is 6.20 Å². The molecule has 1 aromatic heterocycles. The van der Waals surface area contributed by atoms with Crippen LogP contribution in [-0.2, 0) is 4.84 Å². The molecule has 3 aromatic rings. The van der Waals surface area contributed by atoms with Gasteiger partial charge in [0.15, 0.2) is 12.5 Å². The van der Waals surface area contributed by atoms with E-state index in [0.29, 0.717) is 5.76 Å². The van der Waals surface area contributed by atoms with Crippen molar-refractivity contribution in [3.8, 4) is 5.69 Å². The van der Waals surface area contributed by atoms with E-state index in [4.69, 9.17) is 9.94 Å². The zero-order chi connectivity index (χ0) is 14.9. The van der Waals surface area contributed by atoms with Gasteiger partial charge in [-0.25, -0.2) is 4.68 Å². The number of aromatic nitrogens is 2. The Labute approximate surface area is 126 Å². The van der Waals surface area contributed by atoms with Gasteiger partial charge < -0.3 is 9.94 Å². The van der Waals surface area contributed by atoms with Crippen LogP contribution in [0.5, 0.6) is 0 Å². The Bertz CT molecular complexity index is 842. The first kappa shape index (κ1) is 12.9. The fourth-order valence-corrected chi connectivity index (χ4v) is 2.50. The molecule has 1 aliphatic rings. The highest BCUT2D eigenvalue weighted by atomic mass is 16.7. The molecule has 4 rings (SSSR count). The first-order valence-corrected chi connectivity index (χ1v) is 6.93. The van der Waals surface area contributed by atoms with E-state index in [-0.39, 0.29) is 6.73 Å². The highest BCUT2D eigenvalue weighted by molar-refractivity contribution is 5.90. The summed E-state index contributed by atoms with van der Waals surface area (Å²) in [5.74, 6) is 0.569. The lowest BCUT2D eigenvalue weighted by Gasteiger charge is -2.11. The van der Waals surface area contributed by atoms with Crippen molar-refractivity contribution in [2.75, 3.05) is 6.73 Å². The molecule has 0 saturated carbocycles. The Morgan fingerprint density at radius 2 is 1.82 bits per heavy atom. The summed E-state index contributed by atoms with van der Waals surface area (Å²) in [6.07, 6.45) is 1.68. The maximum Gasteiger partial charge on any atom is 0.195 e. The third-order valence-corrected chi connectivity index (χ3v) is 3.50. The number of benzene rings is 2. The Morgan fingerprint density at radius 3 is 2.59 bits per heavy atom. The lowest BCUT2D eigenvalue weighted by atomic mass is 10.2. The van der Waals surface area contributed by atoms with Gasteiger partial charge in [-0.1, -0.05) is 36.4 Å². The van der Waals surface area contributed by atoms with Gasteiger partial charge >= 0.3 is 0 Å². The summed E-state index contributed by atoms with van der Waals surface area (Å²) in [4.78, 5) is 5.51. The number of hydrogen-bond donors (Lipinski definition) is 2. The van der Waals surface area contributed by atoms with Gasteiger partial charge in [0.2, 0.25) is 0 Å². The molecule has 0 saturated heterocycles. The zero-order valence-corrected chi connectivity index (χ0v) is 11.7. The van der Waals surface area contributed by atoms with E-state index in [1.165, 1.54) is 5.17 Å². The number of fused-ring (bicyclic) bond motifs is 1. The molecule has 2 aromatic carbocycles. The summed E-state index contributed by atoms with van der Waals surface area (Å²) in [7, 11) is 0. The molecule has 0 spiro atoms. The van der Waals surface area contributed by atoms with Gasteiger partial charge in [0, 0.05) is 5.39 Å². The van der Waals surface area contributed by atoms with Crippen molar-refractivity contribution < 1.29 is 9.94 Å². The van der Waals surface area contributed by atoms with Crippen molar-refractivity contribution >= 4 is 16.7 Å². The predicted octanol–water partition coefficient (Wildman–Crippen LogP) is 2.03. The standard InChI is InChI=1S/C16H14N4O2/c21-11-19-17-10-15(22-19)16-13-8-4-5-9-14(13)20(18-16)12-6-2-1-3-7-12/h1-10,17,21H,11H2. The van der Waals surface area contributed by atoms with Crippen LogP contribution in [0.4, 0.5) is 0 Å². The van der Waals surface area contributed by atoms with Crippen LogP contribution in [-0.4, -0.2) is 26.8 Å². The van der Waals surface area contributed by atoms with E-state index in [1.807, 2.05) is 59.3 Å². The summed E-state index contributed by atoms with van der Waals surface area (Å²) < 4.78 is 1.89. The van der Waals surface area contributed by atoms with E-state index < -0.39 is 0 Å². The number of aliphatic hydroxyl groups is 1. The van der Waals surface area contributed by atoms with Crippen molar-refractivity contribution in [3.63, 3.8) is 0 Å². The lowest BCUT2D eigenvalue weighted by molar-refractivity contribution is -0.150. The molecule has 110 valence electrons. The van der Waals surface area contributed by atoms with Crippen molar-refractivity contribution in [2.24, 2.45) is 0 Å². The van der Waals surface area contributed by atoms with Gasteiger partial charge in [-0.05, 0) is 23.4 Å². The highest BCUT2D eigenvalue weighted by Crippen LogP contribution is 2.29. The molecule has 2 N–H and O–H groups in total. The van der Waals surface area contributed by atoms with Crippen molar-refractivity contribution in [3.05, 3.63) is 66.5 Å². The van der Waals surface area contributed by atoms with E-state index in [0.717, 1.165) is 22.3 Å². The second-order valence-corrected chi connectivity index (χ2v) is 4.86. The minimum absolute atomic E-state index is 0.253. The fourth-order valence-electron chi connectivity index (χ4n) is 2.50. The maximum atomic E-state index is 9.11. The molecule has 0 amide bonds. The first-order valence-electron chi connectivity index (χ1n) is 6.93. The highest BCUT2D eigenvalue weighted by Gasteiger charge is 2.22. The quantitative estimate of drug-likeness (QED) is 0.774. The van der Waals surface area contributed by atoms with Gasteiger partial charge in [-0.15, -0.1) is 0 Å². The molecule has 0 unspecified atom stereocenters. The average Bonchev–Trinajstić information content (AvgIpc) is 3.20. The predicted molar refractivity (Wildman–Crippen MR) is 82.2 cm³/mol. The van der Waals surface area contributed by atoms with E-state index in [2.05, 4.69) is 10.5 Å². The number of aliphatic hydroxyl groups excluding tert-OH is 1. The maximum absolute atomic E-state index is 9.11. The van der Waals surface area contributed by atoms with Gasteiger partial charge in [0.05, 0.1) is 17.4 Å². The molecule has 0 bridgehead atoms. The second-order valence-electron chi connectivity index (χ2n) is 4.86. The Balaban J connectivity index is 1.87. The molecule has 2 heterocycles. The monoisotopic (exact) mass is 294 g/mol. The van der Waals surface area contributed by atoms with Crippen molar-refractivity contribution in [2.45, 2.75) is 0 Å². The van der Waals surface area contributed by atoms with Crippen LogP contribution in [0.15, 0.2) is 60.8 Å². The molecule has 22 heavy (non-hydrogen) atoms. The normalized spacial score (nSPS) is 14.7. The SMILES string of the molecule is OCN1NC=C(c2nn(-c3ccccc3)c3ccccc23)O1. The van der Waals surface area contributed by atoms with Crippen LogP contribution in [0.1, 0.15) is 5.69 Å². The van der Waals surface area contributed by atoms with Gasteiger partial charge in [-0.2, -0.15) is 5.10 Å². The first-order chi connectivity index (χ1) is 10.9. The molecule has 0 radical (unpaired) electrons. The number of para-hydroxylation sites is 2. The number of hydroxylamine groups is 1. The number of nitrogens with zero attached hydrogens (tertiary/aromatic N) is 3. The fraction of sp³-hybridized carbons (Fsp3) is 0.0625. The zero-order valence-electron chi connectivity index (χ0n) is 11.7. The van der Waals surface area contributed by atoms with Crippen molar-refractivity contribution in [1.29, 1.82) is 0 Å². The Kier molecular flexibility index (Phi) is 3.03. The largest absolute Gasteiger partial charge is 0.380 e. The number of rotatable bonds is 3. The minimum Gasteiger partial charge on any atom is -0.380 e. The minimum atomic E-state index is -0.253. The third-order valence-electron chi connectivity index (χ3n) is 3.50. The summed E-state index contributed by atoms with van der Waals surface area (Å²) >= 11 is 0. The van der Waals surface area contributed by atoms with Gasteiger partial charge in [0.1, 0.15) is 5.69 Å². The third kappa shape index (κ3) is 2.02. The van der Waals surface area contributed by atoms with Crippen LogP contribution in [0.3, 0.4) is 0 Å². The molecule has 6 heteroatoms. The van der Waals surface area contributed by atoms with E-state index >= 15 is 0 Å². The second kappa shape index (κ2) is 5.18. The smallest absolute Gasteiger partial charge is 0.195 e. The molecule has 0 atom stereocenters. The summed E-state index contributed by atoms with van der Waals surface area (Å²) in [5.41, 5.74) is 5.52. The molecular weight excluding hydrogens is 280 g/mol. The molecular formula is C16H14N4O2. The Morgan fingerprint density at radius 1 is 1.05 bits per heavy atom. The van der Waals surface area contributed by atoms with Crippen LogP contribution in [0, 0.1) is 0 Å². The summed E-state index contributed by atoms with van der Waals surface area (Å²) in [6, 6.07) is 17.9. The molecule has 0 aliphatic carbocycles. The van der Waals surface area contributed by atoms with Gasteiger partial charge in [0.25, 0.3) is 0 Å². The van der Waals surface area contributed by atoms with Crippen LogP contribution >= 0.6 is 0 Å². The lowest BCUT2D eigenvalue weighted by Crippen LogP contribution is -2.29. The van der Waals surface area contributed by atoms with Crippen LogP contribution in [0.25, 0.3) is 22.3 Å². The van der Waals surface area contributed by atoms with E-state index in [9.17, 15) is 0 Å². The number of nitrogens with one attached hydrogen (secondary N) is 1. The Hall–Kier alpha value is -2.83. The van der Waals surface area contributed by atoms with Gasteiger partial charge in [-0.3, -0.25) is 5.43 Å².